The number of nitrogens with zero attached hydrogens (tertiary/aromatic N) is 2. The van der Waals surface area contributed by atoms with Crippen molar-refractivity contribution in [3.05, 3.63) is 25.4 Å². The van der Waals surface area contributed by atoms with Gasteiger partial charge in [-0.15, -0.1) is 10.1 Å². The fraction of sp³-hybridized carbons (Fsp3) is 0. The van der Waals surface area contributed by atoms with Crippen molar-refractivity contribution in [3.63, 3.8) is 0 Å². The molecule has 0 fully saturated rings. The van der Waals surface area contributed by atoms with E-state index in [-0.39, 0.29) is 43.9 Å². The van der Waals surface area contributed by atoms with Crippen LogP contribution in [-0.2, 0) is 0 Å². The molecule has 0 atom stereocenters. The van der Waals surface area contributed by atoms with Crippen LogP contribution in [0.2, 0.25) is 0 Å². The van der Waals surface area contributed by atoms with Gasteiger partial charge in [-0.3, -0.25) is 0 Å². The topological polar surface area (TPSA) is 165 Å². The SMILES string of the molecule is N.O=[N+]([O-])O.O=[N+]([O-])[O-].[Ca+]. The Morgan fingerprint density at radius 1 is 1.10 bits per heavy atom. The molecule has 0 aliphatic heterocycles. The van der Waals surface area contributed by atoms with Crippen LogP contribution in [0.1, 0.15) is 0 Å². The van der Waals surface area contributed by atoms with E-state index in [1.807, 2.05) is 0 Å². The van der Waals surface area contributed by atoms with Crippen LogP contribution in [0, 0.1) is 25.4 Å². The Morgan fingerprint density at radius 2 is 1.10 bits per heavy atom. The molecule has 0 saturated carbocycles. The van der Waals surface area contributed by atoms with E-state index in [0.29, 0.717) is 0 Å². The van der Waals surface area contributed by atoms with Crippen LogP contribution in [0.3, 0.4) is 0 Å². The maximum absolute atomic E-state index is 8.36. The first kappa shape index (κ1) is 22.6. The van der Waals surface area contributed by atoms with Crippen LogP contribution >= 0.6 is 0 Å². The maximum Gasteiger partial charge on any atom is 1.00 e. The summed E-state index contributed by atoms with van der Waals surface area (Å²) in [5.41, 5.74) is 0. The third kappa shape index (κ3) is 2310. The zero-order valence-electron chi connectivity index (χ0n) is 4.80. The molecule has 0 aliphatic rings. The van der Waals surface area contributed by atoms with E-state index in [9.17, 15) is 0 Å². The standard InChI is InChI=1S/Ca.HNO3.NO3.H3N/c;2*2-1(3)4;/h;(H,2,3,4);;1H3/q+1;;-1;. The molecule has 4 N–H and O–H groups in total. The van der Waals surface area contributed by atoms with Crippen molar-refractivity contribution >= 4 is 37.7 Å². The molecule has 0 aromatic rings. The van der Waals surface area contributed by atoms with Crippen molar-refractivity contribution in [2.24, 2.45) is 0 Å². The van der Waals surface area contributed by atoms with Gasteiger partial charge >= 0.3 is 37.7 Å². The average molecular weight is 182 g/mol. The fourth-order valence-corrected chi connectivity index (χ4v) is 0. The van der Waals surface area contributed by atoms with Crippen molar-refractivity contribution in [3.8, 4) is 0 Å². The van der Waals surface area contributed by atoms with Gasteiger partial charge in [-0.1, -0.05) is 0 Å². The molecule has 10 heavy (non-hydrogen) atoms. The molecular formula is H4CaN3O6. The van der Waals surface area contributed by atoms with Crippen LogP contribution in [0.15, 0.2) is 0 Å². The molecule has 0 bridgehead atoms. The Bertz CT molecular complexity index is 71.0. The first-order valence-corrected chi connectivity index (χ1v) is 1.11. The molecule has 0 saturated heterocycles. The molecule has 9 nitrogen and oxygen atoms in total. The summed E-state index contributed by atoms with van der Waals surface area (Å²) in [6.07, 6.45) is 0. The average Bonchev–Trinajstić information content (AvgIpc) is 1.25. The van der Waals surface area contributed by atoms with Crippen LogP contribution in [0.25, 0.3) is 0 Å². The molecule has 0 spiro atoms. The van der Waals surface area contributed by atoms with Gasteiger partial charge < -0.3 is 26.7 Å². The normalized spacial score (nSPS) is 4.80. The van der Waals surface area contributed by atoms with Gasteiger partial charge in [0.25, 0.3) is 5.09 Å². The minimum Gasteiger partial charge on any atom is -0.356 e. The Kier molecular flexibility index (Phi) is 35.9. The van der Waals surface area contributed by atoms with Crippen LogP contribution < -0.4 is 6.15 Å². The molecule has 57 valence electrons. The first-order chi connectivity index (χ1) is 3.46. The molecule has 0 aromatic carbocycles. The zero-order chi connectivity index (χ0) is 7.15. The molecule has 0 aliphatic carbocycles. The second-order valence-electron chi connectivity index (χ2n) is 0.461. The quantitative estimate of drug-likeness (QED) is 0.281. The summed E-state index contributed by atoms with van der Waals surface area (Å²) in [6.45, 7) is 0. The molecule has 10 heteroatoms. The largest absolute Gasteiger partial charge is 1.00 e. The fourth-order valence-electron chi connectivity index (χ4n) is 0. The van der Waals surface area contributed by atoms with E-state index >= 15 is 0 Å². The van der Waals surface area contributed by atoms with E-state index in [1.54, 1.807) is 0 Å². The predicted molar refractivity (Wildman–Crippen MR) is 29.9 cm³/mol. The van der Waals surface area contributed by atoms with Gasteiger partial charge in [0.2, 0.25) is 0 Å². The van der Waals surface area contributed by atoms with Crippen LogP contribution in [-0.4, -0.2) is 53.1 Å². The van der Waals surface area contributed by atoms with Gasteiger partial charge in [0.1, 0.15) is 0 Å². The molecule has 0 amide bonds. The molecule has 1 radical (unpaired) electrons. The van der Waals surface area contributed by atoms with Gasteiger partial charge in [-0.2, -0.15) is 0 Å². The molecule has 0 rings (SSSR count). The molecule has 0 unspecified atom stereocenters. The summed E-state index contributed by atoms with van der Waals surface area (Å²) in [5, 5.41) is 28.4. The third-order valence-corrected chi connectivity index (χ3v) is 0. The predicted octanol–water partition coefficient (Wildman–Crippen LogP) is -0.806. The summed E-state index contributed by atoms with van der Waals surface area (Å²) < 4.78 is 0. The van der Waals surface area contributed by atoms with E-state index in [2.05, 4.69) is 0 Å². The van der Waals surface area contributed by atoms with Gasteiger partial charge in [0.05, 0.1) is 5.09 Å². The van der Waals surface area contributed by atoms with E-state index in [0.717, 1.165) is 0 Å². The Balaban J connectivity index is -0.0000000300. The second-order valence-corrected chi connectivity index (χ2v) is 0.461. The summed E-state index contributed by atoms with van der Waals surface area (Å²) in [4.78, 5) is 16.6. The summed E-state index contributed by atoms with van der Waals surface area (Å²) >= 11 is 0. The van der Waals surface area contributed by atoms with Gasteiger partial charge in [-0.05, 0) is 0 Å². The summed E-state index contributed by atoms with van der Waals surface area (Å²) in [7, 11) is 0. The Labute approximate surface area is 84.4 Å². The number of rotatable bonds is 0. The Morgan fingerprint density at radius 3 is 1.10 bits per heavy atom. The number of hydrogen-bond acceptors (Lipinski definition) is 6. The molecule has 0 aromatic heterocycles. The van der Waals surface area contributed by atoms with Crippen molar-refractivity contribution in [1.29, 1.82) is 0 Å². The van der Waals surface area contributed by atoms with E-state index < -0.39 is 10.2 Å². The molecule has 0 heterocycles. The zero-order valence-corrected chi connectivity index (χ0v) is 7.01. The summed E-state index contributed by atoms with van der Waals surface area (Å²) in [6, 6.07) is 0. The van der Waals surface area contributed by atoms with E-state index in [4.69, 9.17) is 30.6 Å². The third-order valence-electron chi connectivity index (χ3n) is 0. The molecular weight excluding hydrogens is 178 g/mol. The van der Waals surface area contributed by atoms with E-state index in [1.165, 1.54) is 0 Å². The minimum absolute atomic E-state index is 0. The van der Waals surface area contributed by atoms with Crippen molar-refractivity contribution in [2.75, 3.05) is 0 Å². The van der Waals surface area contributed by atoms with Crippen LogP contribution in [0.4, 0.5) is 0 Å². The van der Waals surface area contributed by atoms with Gasteiger partial charge in [0.15, 0.2) is 0 Å². The van der Waals surface area contributed by atoms with Crippen molar-refractivity contribution < 1.29 is 15.4 Å². The van der Waals surface area contributed by atoms with Crippen LogP contribution in [0.5, 0.6) is 0 Å². The minimum atomic E-state index is -1.75. The monoisotopic (exact) mass is 182 g/mol. The van der Waals surface area contributed by atoms with Crippen molar-refractivity contribution in [1.82, 2.24) is 6.15 Å². The van der Waals surface area contributed by atoms with Gasteiger partial charge in [-0.25, -0.2) is 0 Å². The second kappa shape index (κ2) is 15.8. The van der Waals surface area contributed by atoms with Crippen molar-refractivity contribution in [2.45, 2.75) is 0 Å². The maximum atomic E-state index is 8.36. The Hall–Kier alpha value is -0.380. The summed E-state index contributed by atoms with van der Waals surface area (Å²) in [5.74, 6) is 0. The number of hydrogen-bond donors (Lipinski definition) is 2. The van der Waals surface area contributed by atoms with Gasteiger partial charge in [0, 0.05) is 0 Å². The first-order valence-electron chi connectivity index (χ1n) is 1.11. The smallest absolute Gasteiger partial charge is 0.356 e.